The maximum absolute atomic E-state index is 11.8. The minimum Gasteiger partial charge on any atom is -0.480 e. The molecule has 1 heterocycles. The Morgan fingerprint density at radius 1 is 1.53 bits per heavy atom. The number of hydrogen-bond donors (Lipinski definition) is 4. The molecule has 1 fully saturated rings. The second-order valence-electron chi connectivity index (χ2n) is 4.88. The van der Waals surface area contributed by atoms with Crippen molar-refractivity contribution < 1.29 is 14.7 Å². The number of rotatable bonds is 5. The summed E-state index contributed by atoms with van der Waals surface area (Å²) >= 11 is 4.27. The first-order chi connectivity index (χ1) is 7.90. The van der Waals surface area contributed by atoms with Gasteiger partial charge in [0.1, 0.15) is 6.04 Å². The van der Waals surface area contributed by atoms with E-state index in [4.69, 9.17) is 5.11 Å². The van der Waals surface area contributed by atoms with E-state index in [0.29, 0.717) is 19.4 Å². The second kappa shape index (κ2) is 6.26. The Kier molecular flexibility index (Phi) is 5.27. The molecule has 1 saturated heterocycles. The average molecular weight is 260 g/mol. The van der Waals surface area contributed by atoms with Gasteiger partial charge >= 0.3 is 5.97 Å². The lowest BCUT2D eigenvalue weighted by Crippen LogP contribution is -2.48. The van der Waals surface area contributed by atoms with Gasteiger partial charge in [-0.3, -0.25) is 4.79 Å². The number of thiol groups is 1. The van der Waals surface area contributed by atoms with Crippen molar-refractivity contribution in [1.29, 1.82) is 0 Å². The molecule has 0 aromatic heterocycles. The third-order valence-corrected chi connectivity index (χ3v) is 3.14. The van der Waals surface area contributed by atoms with Crippen molar-refractivity contribution in [2.75, 3.05) is 6.54 Å². The molecule has 0 aromatic carbocycles. The summed E-state index contributed by atoms with van der Waals surface area (Å²) in [7, 11) is 0. The molecule has 3 atom stereocenters. The predicted octanol–water partition coefficient (Wildman–Crippen LogP) is 0.262. The Hall–Kier alpha value is -0.750. The minimum atomic E-state index is -0.979. The Labute approximate surface area is 107 Å². The monoisotopic (exact) mass is 260 g/mol. The van der Waals surface area contributed by atoms with Crippen LogP contribution in [0.1, 0.15) is 26.7 Å². The molecular formula is C11H20N2O3S. The fraction of sp³-hybridized carbons (Fsp3) is 0.818. The summed E-state index contributed by atoms with van der Waals surface area (Å²) in [5, 5.41) is 14.8. The van der Waals surface area contributed by atoms with E-state index < -0.39 is 12.0 Å². The Morgan fingerprint density at radius 2 is 2.18 bits per heavy atom. The van der Waals surface area contributed by atoms with Crippen LogP contribution in [0.5, 0.6) is 0 Å². The largest absolute Gasteiger partial charge is 0.480 e. The first-order valence-corrected chi connectivity index (χ1v) is 6.36. The third kappa shape index (κ3) is 4.55. The molecule has 0 saturated carbocycles. The van der Waals surface area contributed by atoms with Gasteiger partial charge in [-0.25, -0.2) is 4.79 Å². The highest BCUT2D eigenvalue weighted by Gasteiger charge is 2.30. The van der Waals surface area contributed by atoms with Gasteiger partial charge in [0.05, 0.1) is 6.04 Å². The van der Waals surface area contributed by atoms with Crippen LogP contribution < -0.4 is 10.6 Å². The van der Waals surface area contributed by atoms with E-state index >= 15 is 0 Å². The predicted molar refractivity (Wildman–Crippen MR) is 68.2 cm³/mol. The molecule has 1 aliphatic heterocycles. The summed E-state index contributed by atoms with van der Waals surface area (Å²) in [6, 6.07) is -1.12. The maximum atomic E-state index is 11.8. The SMILES string of the molecule is CC(C)C[C@H](NC(=O)[C@@H]1C[C@@H](S)CN1)C(=O)O. The highest BCUT2D eigenvalue weighted by Crippen LogP contribution is 2.13. The van der Waals surface area contributed by atoms with E-state index in [1.54, 1.807) is 0 Å². The van der Waals surface area contributed by atoms with Crippen LogP contribution >= 0.6 is 12.6 Å². The molecular weight excluding hydrogens is 240 g/mol. The molecule has 0 unspecified atom stereocenters. The Morgan fingerprint density at radius 3 is 2.59 bits per heavy atom. The van der Waals surface area contributed by atoms with E-state index in [-0.39, 0.29) is 23.1 Å². The minimum absolute atomic E-state index is 0.166. The highest BCUT2D eigenvalue weighted by molar-refractivity contribution is 7.81. The number of nitrogens with one attached hydrogen (secondary N) is 2. The number of carbonyl (C=O) groups excluding carboxylic acids is 1. The van der Waals surface area contributed by atoms with Gasteiger partial charge in [0.25, 0.3) is 0 Å². The first kappa shape index (κ1) is 14.3. The topological polar surface area (TPSA) is 78.4 Å². The fourth-order valence-corrected chi connectivity index (χ4v) is 2.20. The van der Waals surface area contributed by atoms with E-state index in [1.165, 1.54) is 0 Å². The summed E-state index contributed by atoms with van der Waals surface area (Å²) in [6.45, 7) is 4.54. The molecule has 3 N–H and O–H groups in total. The molecule has 1 amide bonds. The zero-order valence-electron chi connectivity index (χ0n) is 10.1. The smallest absolute Gasteiger partial charge is 0.326 e. The lowest BCUT2D eigenvalue weighted by atomic mass is 10.0. The van der Waals surface area contributed by atoms with Gasteiger partial charge in [0.2, 0.25) is 5.91 Å². The summed E-state index contributed by atoms with van der Waals surface area (Å²) < 4.78 is 0. The summed E-state index contributed by atoms with van der Waals surface area (Å²) in [5.74, 6) is -0.993. The van der Waals surface area contributed by atoms with Gasteiger partial charge in [0.15, 0.2) is 0 Å². The zero-order valence-corrected chi connectivity index (χ0v) is 11.0. The third-order valence-electron chi connectivity index (χ3n) is 2.75. The number of carboxylic acids is 1. The summed E-state index contributed by atoms with van der Waals surface area (Å²) in [5.41, 5.74) is 0. The van der Waals surface area contributed by atoms with Crippen molar-refractivity contribution in [1.82, 2.24) is 10.6 Å². The van der Waals surface area contributed by atoms with E-state index in [1.807, 2.05) is 13.8 Å². The standard InChI is InChI=1S/C11H20N2O3S/c1-6(2)3-9(11(15)16)13-10(14)8-4-7(17)5-12-8/h6-9,12,17H,3-5H2,1-2H3,(H,13,14)(H,15,16)/t7-,8+,9+/m1/s1. The van der Waals surface area contributed by atoms with E-state index in [0.717, 1.165) is 0 Å². The highest BCUT2D eigenvalue weighted by atomic mass is 32.1. The van der Waals surface area contributed by atoms with Gasteiger partial charge in [-0.05, 0) is 18.8 Å². The van der Waals surface area contributed by atoms with Crippen LogP contribution in [-0.2, 0) is 9.59 Å². The fourth-order valence-electron chi connectivity index (χ4n) is 1.88. The lowest BCUT2D eigenvalue weighted by molar-refractivity contribution is -0.142. The number of carbonyl (C=O) groups is 2. The number of hydrogen-bond acceptors (Lipinski definition) is 4. The number of amides is 1. The zero-order chi connectivity index (χ0) is 13.0. The van der Waals surface area contributed by atoms with Crippen molar-refractivity contribution in [3.63, 3.8) is 0 Å². The lowest BCUT2D eigenvalue weighted by Gasteiger charge is -2.19. The second-order valence-corrected chi connectivity index (χ2v) is 5.61. The molecule has 17 heavy (non-hydrogen) atoms. The van der Waals surface area contributed by atoms with E-state index in [2.05, 4.69) is 23.3 Å². The van der Waals surface area contributed by atoms with Gasteiger partial charge in [-0.1, -0.05) is 13.8 Å². The van der Waals surface area contributed by atoms with E-state index in [9.17, 15) is 9.59 Å². The normalized spacial score (nSPS) is 25.9. The van der Waals surface area contributed by atoms with Gasteiger partial charge < -0.3 is 15.7 Å². The van der Waals surface area contributed by atoms with Crippen molar-refractivity contribution in [3.05, 3.63) is 0 Å². The van der Waals surface area contributed by atoms with Crippen LogP contribution in [0.15, 0.2) is 0 Å². The van der Waals surface area contributed by atoms with Gasteiger partial charge in [0, 0.05) is 11.8 Å². The molecule has 0 radical (unpaired) electrons. The first-order valence-electron chi connectivity index (χ1n) is 5.84. The van der Waals surface area contributed by atoms with Crippen LogP contribution in [0.3, 0.4) is 0 Å². The quantitative estimate of drug-likeness (QED) is 0.535. The van der Waals surface area contributed by atoms with Crippen LogP contribution in [0.2, 0.25) is 0 Å². The van der Waals surface area contributed by atoms with Crippen molar-refractivity contribution in [3.8, 4) is 0 Å². The molecule has 0 bridgehead atoms. The van der Waals surface area contributed by atoms with Crippen LogP contribution in [0.4, 0.5) is 0 Å². The van der Waals surface area contributed by atoms with Crippen molar-refractivity contribution >= 4 is 24.5 Å². The number of carboxylic acid groups (broad SMARTS) is 1. The maximum Gasteiger partial charge on any atom is 0.326 e. The Balaban J connectivity index is 2.49. The molecule has 6 heteroatoms. The average Bonchev–Trinajstić information content (AvgIpc) is 2.63. The Bertz CT molecular complexity index is 296. The molecule has 5 nitrogen and oxygen atoms in total. The van der Waals surface area contributed by atoms with Gasteiger partial charge in [-0.2, -0.15) is 12.6 Å². The molecule has 0 aliphatic carbocycles. The molecule has 1 rings (SSSR count). The van der Waals surface area contributed by atoms with Crippen molar-refractivity contribution in [2.24, 2.45) is 5.92 Å². The molecule has 0 spiro atoms. The van der Waals surface area contributed by atoms with Crippen LogP contribution in [0, 0.1) is 5.92 Å². The van der Waals surface area contributed by atoms with Crippen LogP contribution in [0.25, 0.3) is 0 Å². The van der Waals surface area contributed by atoms with Crippen LogP contribution in [-0.4, -0.2) is 40.9 Å². The van der Waals surface area contributed by atoms with Gasteiger partial charge in [-0.15, -0.1) is 0 Å². The molecule has 1 aliphatic rings. The number of aliphatic carboxylic acids is 1. The van der Waals surface area contributed by atoms with Crippen molar-refractivity contribution in [2.45, 2.75) is 44.0 Å². The summed E-state index contributed by atoms with van der Waals surface area (Å²) in [4.78, 5) is 22.8. The molecule has 0 aromatic rings. The molecule has 98 valence electrons. The summed E-state index contributed by atoms with van der Waals surface area (Å²) in [6.07, 6.45) is 1.08.